The van der Waals surface area contributed by atoms with Gasteiger partial charge in [-0.25, -0.2) is 9.78 Å². The van der Waals surface area contributed by atoms with Gasteiger partial charge in [0, 0.05) is 6.20 Å². The summed E-state index contributed by atoms with van der Waals surface area (Å²) in [5.74, 6) is -1.68. The highest BCUT2D eigenvalue weighted by Gasteiger charge is 2.27. The van der Waals surface area contributed by atoms with Gasteiger partial charge in [0.15, 0.2) is 5.69 Å². The summed E-state index contributed by atoms with van der Waals surface area (Å²) in [5.41, 5.74) is 4.07. The van der Waals surface area contributed by atoms with Crippen molar-refractivity contribution in [1.29, 1.82) is 0 Å². The molecule has 1 aromatic rings. The van der Waals surface area contributed by atoms with Gasteiger partial charge in [-0.05, 0) is 13.8 Å². The predicted octanol–water partition coefficient (Wildman–Crippen LogP) is -0.198. The molecule has 0 saturated heterocycles. The fourth-order valence-corrected chi connectivity index (χ4v) is 0.866. The highest BCUT2D eigenvalue weighted by Crippen LogP contribution is 2.14. The van der Waals surface area contributed by atoms with Crippen LogP contribution in [0.1, 0.15) is 24.3 Å². The van der Waals surface area contributed by atoms with Crippen molar-refractivity contribution < 1.29 is 14.7 Å². The Bertz CT molecular complexity index is 381. The zero-order valence-corrected chi connectivity index (χ0v) is 7.89. The maximum Gasteiger partial charge on any atom is 0.356 e. The first-order valence-electron chi connectivity index (χ1n) is 3.93. The lowest BCUT2D eigenvalue weighted by molar-refractivity contribution is -0.125. The Morgan fingerprint density at radius 1 is 1.57 bits per heavy atom. The van der Waals surface area contributed by atoms with Gasteiger partial charge in [0.2, 0.25) is 5.91 Å². The third-order valence-corrected chi connectivity index (χ3v) is 2.05. The molecule has 3 N–H and O–H groups in total. The molecule has 0 aromatic carbocycles. The van der Waals surface area contributed by atoms with Crippen molar-refractivity contribution in [3.63, 3.8) is 0 Å². The highest BCUT2D eigenvalue weighted by molar-refractivity contribution is 5.85. The predicted molar refractivity (Wildman–Crippen MR) is 47.7 cm³/mol. The van der Waals surface area contributed by atoms with Gasteiger partial charge in [-0.15, -0.1) is 0 Å². The lowest BCUT2D eigenvalue weighted by atomic mass is 10.1. The molecule has 6 heteroatoms. The van der Waals surface area contributed by atoms with E-state index >= 15 is 0 Å². The average Bonchev–Trinajstić information content (AvgIpc) is 2.51. The smallest absolute Gasteiger partial charge is 0.356 e. The maximum atomic E-state index is 11.0. The molecule has 6 nitrogen and oxygen atoms in total. The average molecular weight is 197 g/mol. The van der Waals surface area contributed by atoms with Gasteiger partial charge in [-0.2, -0.15) is 0 Å². The normalized spacial score (nSPS) is 11.3. The third-order valence-electron chi connectivity index (χ3n) is 2.05. The zero-order valence-electron chi connectivity index (χ0n) is 7.89. The molecule has 0 aliphatic carbocycles. The number of aromatic nitrogens is 2. The molecule has 1 heterocycles. The largest absolute Gasteiger partial charge is 0.476 e. The lowest BCUT2D eigenvalue weighted by Crippen LogP contribution is -2.40. The number of primary amides is 1. The molecule has 76 valence electrons. The molecule has 0 aliphatic heterocycles. The van der Waals surface area contributed by atoms with Gasteiger partial charge in [-0.3, -0.25) is 4.79 Å². The molecular weight excluding hydrogens is 186 g/mol. The summed E-state index contributed by atoms with van der Waals surface area (Å²) in [4.78, 5) is 25.2. The summed E-state index contributed by atoms with van der Waals surface area (Å²) in [5, 5.41) is 8.61. The van der Waals surface area contributed by atoms with Crippen molar-refractivity contribution in [2.45, 2.75) is 19.4 Å². The number of carboxylic acids is 1. The molecular formula is C8H11N3O3. The molecule has 0 fully saturated rings. The molecule has 0 unspecified atom stereocenters. The van der Waals surface area contributed by atoms with Crippen LogP contribution in [0.2, 0.25) is 0 Å². The summed E-state index contributed by atoms with van der Waals surface area (Å²) in [6.07, 6.45) is 2.54. The molecule has 0 saturated carbocycles. The second kappa shape index (κ2) is 3.13. The number of rotatable bonds is 3. The Hall–Kier alpha value is -1.85. The van der Waals surface area contributed by atoms with E-state index in [9.17, 15) is 9.59 Å². The summed E-state index contributed by atoms with van der Waals surface area (Å²) in [6, 6.07) is 0. The van der Waals surface area contributed by atoms with E-state index in [0.29, 0.717) is 0 Å². The van der Waals surface area contributed by atoms with Crippen molar-refractivity contribution in [2.24, 2.45) is 5.73 Å². The fraction of sp³-hybridized carbons (Fsp3) is 0.375. The maximum absolute atomic E-state index is 11.0. The van der Waals surface area contributed by atoms with Crippen LogP contribution in [0.5, 0.6) is 0 Å². The number of amides is 1. The summed E-state index contributed by atoms with van der Waals surface area (Å²) >= 11 is 0. The number of aromatic carboxylic acids is 1. The van der Waals surface area contributed by atoms with Gasteiger partial charge in [-0.1, -0.05) is 0 Å². The van der Waals surface area contributed by atoms with Gasteiger partial charge >= 0.3 is 5.97 Å². The molecule has 1 aromatic heterocycles. The Kier molecular flexibility index (Phi) is 2.29. The van der Waals surface area contributed by atoms with Gasteiger partial charge in [0.05, 0.1) is 6.33 Å². The minimum atomic E-state index is -1.14. The number of carbonyl (C=O) groups excluding carboxylic acids is 1. The molecule has 0 spiro atoms. The van der Waals surface area contributed by atoms with Gasteiger partial charge in [0.25, 0.3) is 0 Å². The van der Waals surface area contributed by atoms with Gasteiger partial charge < -0.3 is 15.4 Å². The van der Waals surface area contributed by atoms with Crippen LogP contribution in [0, 0.1) is 0 Å². The van der Waals surface area contributed by atoms with Crippen LogP contribution in [0.3, 0.4) is 0 Å². The van der Waals surface area contributed by atoms with Crippen molar-refractivity contribution in [1.82, 2.24) is 9.55 Å². The standard InChI is InChI=1S/C8H11N3O3/c1-8(2,7(9)14)11-3-5(6(12)13)10-4-11/h3-4H,1-2H3,(H2,9,14)(H,12,13). The van der Waals surface area contributed by atoms with E-state index in [-0.39, 0.29) is 5.69 Å². The minimum Gasteiger partial charge on any atom is -0.476 e. The van der Waals surface area contributed by atoms with E-state index in [1.807, 2.05) is 0 Å². The molecule has 0 radical (unpaired) electrons. The number of carbonyl (C=O) groups is 2. The van der Waals surface area contributed by atoms with Crippen molar-refractivity contribution in [3.8, 4) is 0 Å². The Balaban J connectivity index is 3.09. The van der Waals surface area contributed by atoms with E-state index in [4.69, 9.17) is 10.8 Å². The SMILES string of the molecule is CC(C)(C(N)=O)n1cnc(C(=O)O)c1. The fourth-order valence-electron chi connectivity index (χ4n) is 0.866. The Morgan fingerprint density at radius 3 is 2.50 bits per heavy atom. The van der Waals surface area contributed by atoms with E-state index in [1.165, 1.54) is 17.1 Å². The van der Waals surface area contributed by atoms with E-state index in [0.717, 1.165) is 0 Å². The monoisotopic (exact) mass is 197 g/mol. The number of carboxylic acid groups (broad SMARTS) is 1. The van der Waals surface area contributed by atoms with Crippen LogP contribution in [0.25, 0.3) is 0 Å². The Labute approximate surface area is 80.4 Å². The molecule has 14 heavy (non-hydrogen) atoms. The number of hydrogen-bond acceptors (Lipinski definition) is 3. The molecule has 1 rings (SSSR count). The van der Waals surface area contributed by atoms with Crippen LogP contribution in [-0.2, 0) is 10.3 Å². The minimum absolute atomic E-state index is 0.112. The molecule has 1 amide bonds. The quantitative estimate of drug-likeness (QED) is 0.701. The number of imidazole rings is 1. The number of hydrogen-bond donors (Lipinski definition) is 2. The number of nitrogens with two attached hydrogens (primary N) is 1. The van der Waals surface area contributed by atoms with Crippen LogP contribution < -0.4 is 5.73 Å². The summed E-state index contributed by atoms with van der Waals surface area (Å²) in [6.45, 7) is 3.17. The third kappa shape index (κ3) is 1.59. The van der Waals surface area contributed by atoms with Crippen molar-refractivity contribution in [3.05, 3.63) is 18.2 Å². The molecule has 0 atom stereocenters. The molecule has 0 aliphatic rings. The first kappa shape index (κ1) is 10.2. The second-order valence-electron chi connectivity index (χ2n) is 3.39. The van der Waals surface area contributed by atoms with Crippen LogP contribution in [-0.4, -0.2) is 26.5 Å². The van der Waals surface area contributed by atoms with Crippen molar-refractivity contribution >= 4 is 11.9 Å². The topological polar surface area (TPSA) is 98.2 Å². The number of nitrogens with zero attached hydrogens (tertiary/aromatic N) is 2. The highest BCUT2D eigenvalue weighted by atomic mass is 16.4. The van der Waals surface area contributed by atoms with E-state index < -0.39 is 17.4 Å². The van der Waals surface area contributed by atoms with E-state index in [2.05, 4.69) is 4.98 Å². The lowest BCUT2D eigenvalue weighted by Gasteiger charge is -2.21. The summed E-state index contributed by atoms with van der Waals surface area (Å²) < 4.78 is 1.37. The van der Waals surface area contributed by atoms with Crippen LogP contribution in [0.15, 0.2) is 12.5 Å². The van der Waals surface area contributed by atoms with Gasteiger partial charge in [0.1, 0.15) is 5.54 Å². The zero-order chi connectivity index (χ0) is 10.9. The van der Waals surface area contributed by atoms with Crippen LogP contribution in [0.4, 0.5) is 0 Å². The van der Waals surface area contributed by atoms with Crippen LogP contribution >= 0.6 is 0 Å². The second-order valence-corrected chi connectivity index (χ2v) is 3.39. The summed E-state index contributed by atoms with van der Waals surface area (Å²) in [7, 11) is 0. The molecule has 0 bridgehead atoms. The Morgan fingerprint density at radius 2 is 2.14 bits per heavy atom. The van der Waals surface area contributed by atoms with E-state index in [1.54, 1.807) is 13.8 Å². The first-order chi connectivity index (χ1) is 6.35. The van der Waals surface area contributed by atoms with Crippen molar-refractivity contribution in [2.75, 3.05) is 0 Å². The first-order valence-corrected chi connectivity index (χ1v) is 3.93.